The number of likely N-dealkylation sites (tertiary alicyclic amines) is 1. The molecule has 0 bridgehead atoms. The highest BCUT2D eigenvalue weighted by Gasteiger charge is 2.19. The van der Waals surface area contributed by atoms with E-state index in [1.165, 1.54) is 70.7 Å². The maximum absolute atomic E-state index is 2.83. The summed E-state index contributed by atoms with van der Waals surface area (Å²) in [6.07, 6.45) is 11.3. The first-order chi connectivity index (χ1) is 8.22. The molecule has 0 amide bonds. The summed E-state index contributed by atoms with van der Waals surface area (Å²) in [6, 6.07) is 0. The lowest BCUT2D eigenvalue weighted by Crippen LogP contribution is -2.34. The highest BCUT2D eigenvalue weighted by Crippen LogP contribution is 2.24. The number of unbranched alkanes of at least 4 members (excludes halogenated alkanes) is 3. The molecular weight excluding hydrogens is 225 g/mol. The molecule has 1 rings (SSSR count). The number of hydrogen-bond acceptors (Lipinski definition) is 1. The van der Waals surface area contributed by atoms with Crippen LogP contribution in [0.25, 0.3) is 0 Å². The predicted octanol–water partition coefficient (Wildman–Crippen LogP) is 4.18. The van der Waals surface area contributed by atoms with Crippen molar-refractivity contribution in [2.24, 2.45) is 11.8 Å². The molecule has 1 heterocycles. The summed E-state index contributed by atoms with van der Waals surface area (Å²) < 4.78 is 0. The van der Waals surface area contributed by atoms with Crippen LogP contribution in [0.2, 0.25) is 0 Å². The van der Waals surface area contributed by atoms with Crippen molar-refractivity contribution in [2.75, 3.05) is 25.8 Å². The van der Waals surface area contributed by atoms with Crippen molar-refractivity contribution in [1.29, 1.82) is 0 Å². The summed E-state index contributed by atoms with van der Waals surface area (Å²) in [4.78, 5) is 2.69. The van der Waals surface area contributed by atoms with Crippen molar-refractivity contribution in [3.8, 4) is 0 Å². The first-order valence-corrected chi connectivity index (χ1v) is 8.46. The molecule has 0 spiro atoms. The molecule has 0 radical (unpaired) electrons. The summed E-state index contributed by atoms with van der Waals surface area (Å²) >= 11 is 0. The second-order valence-corrected chi connectivity index (χ2v) is 6.69. The minimum absolute atomic E-state index is 0.887. The fourth-order valence-corrected chi connectivity index (χ4v) is 3.23. The summed E-state index contributed by atoms with van der Waals surface area (Å²) in [5.74, 6) is 1.90. The normalized spacial score (nSPS) is 19.1. The molecule has 1 unspecified atom stereocenters. The van der Waals surface area contributed by atoms with Crippen molar-refractivity contribution in [2.45, 2.75) is 58.8 Å². The molecule has 1 aliphatic heterocycles. The lowest BCUT2D eigenvalue weighted by molar-refractivity contribution is 0.168. The van der Waals surface area contributed by atoms with Gasteiger partial charge in [-0.3, -0.25) is 0 Å². The Bertz CT molecular complexity index is 174. The van der Waals surface area contributed by atoms with Gasteiger partial charge in [-0.25, -0.2) is 0 Å². The number of nitrogens with zero attached hydrogens (tertiary/aromatic N) is 1. The van der Waals surface area contributed by atoms with Crippen LogP contribution < -0.4 is 0 Å². The van der Waals surface area contributed by atoms with Crippen LogP contribution in [0.15, 0.2) is 0 Å². The topological polar surface area (TPSA) is 3.24 Å². The van der Waals surface area contributed by atoms with Crippen LogP contribution in [0, 0.1) is 11.8 Å². The Kier molecular flexibility index (Phi) is 8.48. The molecule has 0 aromatic heterocycles. The Morgan fingerprint density at radius 1 is 1.06 bits per heavy atom. The van der Waals surface area contributed by atoms with E-state index in [0.717, 1.165) is 11.8 Å². The van der Waals surface area contributed by atoms with E-state index in [-0.39, 0.29) is 0 Å². The smallest absolute Gasteiger partial charge is 0.00161 e. The maximum atomic E-state index is 2.83. The van der Waals surface area contributed by atoms with E-state index < -0.39 is 0 Å². The Morgan fingerprint density at radius 2 is 1.71 bits per heavy atom. The Labute approximate surface area is 111 Å². The second kappa shape index (κ2) is 9.34. The molecule has 1 saturated heterocycles. The van der Waals surface area contributed by atoms with Gasteiger partial charge in [0.2, 0.25) is 0 Å². The Balaban J connectivity index is 1.99. The molecule has 0 aromatic carbocycles. The third kappa shape index (κ3) is 7.42. The molecule has 0 saturated carbocycles. The van der Waals surface area contributed by atoms with E-state index in [2.05, 4.69) is 28.0 Å². The van der Waals surface area contributed by atoms with Crippen LogP contribution in [0.5, 0.6) is 0 Å². The minimum Gasteiger partial charge on any atom is -0.303 e. The third-order valence-corrected chi connectivity index (χ3v) is 4.35. The van der Waals surface area contributed by atoms with Gasteiger partial charge in [0.1, 0.15) is 0 Å². The number of hydrogen-bond donors (Lipinski definition) is 0. The third-order valence-electron chi connectivity index (χ3n) is 3.94. The van der Waals surface area contributed by atoms with Gasteiger partial charge in [0.05, 0.1) is 0 Å². The van der Waals surface area contributed by atoms with E-state index in [1.54, 1.807) is 0 Å². The van der Waals surface area contributed by atoms with Crippen LogP contribution >= 0.6 is 9.24 Å². The quantitative estimate of drug-likeness (QED) is 0.466. The molecule has 102 valence electrons. The van der Waals surface area contributed by atoms with Crippen LogP contribution in [0.4, 0.5) is 0 Å². The van der Waals surface area contributed by atoms with Gasteiger partial charge in [-0.15, -0.1) is 9.24 Å². The molecule has 0 aliphatic carbocycles. The monoisotopic (exact) mass is 257 g/mol. The molecule has 1 aliphatic rings. The second-order valence-electron chi connectivity index (χ2n) is 6.12. The van der Waals surface area contributed by atoms with Gasteiger partial charge >= 0.3 is 0 Å². The molecule has 0 N–H and O–H groups in total. The zero-order valence-electron chi connectivity index (χ0n) is 12.0. The van der Waals surface area contributed by atoms with Crippen LogP contribution in [0.3, 0.4) is 0 Å². The molecular formula is C15H32NP. The maximum Gasteiger partial charge on any atom is -0.00161 e. The predicted molar refractivity (Wildman–Crippen MR) is 81.7 cm³/mol. The van der Waals surface area contributed by atoms with Gasteiger partial charge in [-0.1, -0.05) is 26.7 Å². The zero-order chi connectivity index (χ0) is 12.5. The Morgan fingerprint density at radius 3 is 2.29 bits per heavy atom. The first-order valence-electron chi connectivity index (χ1n) is 7.64. The van der Waals surface area contributed by atoms with Crippen LogP contribution in [0.1, 0.15) is 58.8 Å². The SMILES string of the molecule is CC(C)CC1CCN(CCCCCCP)CC1. The van der Waals surface area contributed by atoms with Crippen molar-refractivity contribution in [3.05, 3.63) is 0 Å². The van der Waals surface area contributed by atoms with Crippen molar-refractivity contribution >= 4 is 9.24 Å². The summed E-state index contributed by atoms with van der Waals surface area (Å²) in [7, 11) is 2.83. The molecule has 1 nitrogen and oxygen atoms in total. The number of rotatable bonds is 8. The van der Waals surface area contributed by atoms with Gasteiger partial charge in [0, 0.05) is 0 Å². The highest BCUT2D eigenvalue weighted by atomic mass is 31.0. The van der Waals surface area contributed by atoms with Gasteiger partial charge in [0.25, 0.3) is 0 Å². The summed E-state index contributed by atoms with van der Waals surface area (Å²) in [6.45, 7) is 8.80. The molecule has 1 atom stereocenters. The van der Waals surface area contributed by atoms with E-state index in [1.807, 2.05) is 0 Å². The van der Waals surface area contributed by atoms with Crippen molar-refractivity contribution in [3.63, 3.8) is 0 Å². The summed E-state index contributed by atoms with van der Waals surface area (Å²) in [5, 5.41) is 0. The average Bonchev–Trinajstić information content (AvgIpc) is 2.30. The van der Waals surface area contributed by atoms with E-state index in [4.69, 9.17) is 0 Å². The van der Waals surface area contributed by atoms with Crippen molar-refractivity contribution in [1.82, 2.24) is 4.90 Å². The van der Waals surface area contributed by atoms with Crippen molar-refractivity contribution < 1.29 is 0 Å². The van der Waals surface area contributed by atoms with Gasteiger partial charge in [0.15, 0.2) is 0 Å². The molecule has 2 heteroatoms. The largest absolute Gasteiger partial charge is 0.303 e. The van der Waals surface area contributed by atoms with Gasteiger partial charge in [-0.05, 0) is 69.7 Å². The molecule has 17 heavy (non-hydrogen) atoms. The minimum atomic E-state index is 0.887. The van der Waals surface area contributed by atoms with E-state index in [9.17, 15) is 0 Å². The molecule has 1 fully saturated rings. The first kappa shape index (κ1) is 15.4. The molecule has 0 aromatic rings. The number of piperidine rings is 1. The lowest BCUT2D eigenvalue weighted by Gasteiger charge is -2.32. The van der Waals surface area contributed by atoms with Gasteiger partial charge in [-0.2, -0.15) is 0 Å². The fourth-order valence-electron chi connectivity index (χ4n) is 2.95. The Hall–Kier alpha value is 0.390. The van der Waals surface area contributed by atoms with Crippen LogP contribution in [-0.2, 0) is 0 Å². The average molecular weight is 257 g/mol. The van der Waals surface area contributed by atoms with Gasteiger partial charge < -0.3 is 4.90 Å². The fraction of sp³-hybridized carbons (Fsp3) is 1.00. The summed E-state index contributed by atoms with van der Waals surface area (Å²) in [5.41, 5.74) is 0. The van der Waals surface area contributed by atoms with E-state index >= 15 is 0 Å². The standard InChI is InChI=1S/C15H32NP/c1-14(2)13-15-7-10-16(11-8-15)9-5-3-4-6-12-17/h14-15H,3-13,17H2,1-2H3. The highest BCUT2D eigenvalue weighted by molar-refractivity contribution is 7.16. The van der Waals surface area contributed by atoms with E-state index in [0.29, 0.717) is 0 Å². The van der Waals surface area contributed by atoms with Crippen LogP contribution in [-0.4, -0.2) is 30.7 Å². The zero-order valence-corrected chi connectivity index (χ0v) is 13.1. The lowest BCUT2D eigenvalue weighted by atomic mass is 9.88.